The number of aliphatic hydroxyl groups is 3. The number of halogens is 1. The fourth-order valence-electron chi connectivity index (χ4n) is 1.12. The average Bonchev–Trinajstić information content (AvgIpc) is 1.77. The molecule has 0 amide bonds. The van der Waals surface area contributed by atoms with Gasteiger partial charge in [-0.3, -0.25) is 0 Å². The van der Waals surface area contributed by atoms with E-state index in [1.165, 1.54) is 0 Å². The van der Waals surface area contributed by atoms with Gasteiger partial charge in [0.1, 0.15) is 0 Å². The molecule has 4 heteroatoms. The van der Waals surface area contributed by atoms with Crippen molar-refractivity contribution in [2.24, 2.45) is 0 Å². The van der Waals surface area contributed by atoms with Crippen LogP contribution >= 0.6 is 22.6 Å². The minimum Gasteiger partial charge on any atom is -0.374 e. The van der Waals surface area contributed by atoms with Gasteiger partial charge in [0.2, 0.25) is 5.79 Å². The van der Waals surface area contributed by atoms with Crippen LogP contribution < -0.4 is 0 Å². The highest BCUT2D eigenvalue weighted by atomic mass is 127. The monoisotopic (exact) mass is 258 g/mol. The van der Waals surface area contributed by atoms with Gasteiger partial charge in [0.25, 0.3) is 0 Å². The highest BCUT2D eigenvalue weighted by Crippen LogP contribution is 2.40. The van der Waals surface area contributed by atoms with E-state index in [1.807, 2.05) is 0 Å². The van der Waals surface area contributed by atoms with Crippen molar-refractivity contribution in [3.63, 3.8) is 0 Å². The molecule has 1 aliphatic carbocycles. The van der Waals surface area contributed by atoms with Crippen molar-refractivity contribution in [2.45, 2.75) is 35.1 Å². The highest BCUT2D eigenvalue weighted by Gasteiger charge is 2.47. The van der Waals surface area contributed by atoms with Crippen molar-refractivity contribution < 1.29 is 15.3 Å². The van der Waals surface area contributed by atoms with E-state index in [0.717, 1.165) is 12.8 Å². The molecule has 10 heavy (non-hydrogen) atoms. The Balaban J connectivity index is 2.70. The summed E-state index contributed by atoms with van der Waals surface area (Å²) in [7, 11) is 0. The molecule has 0 aliphatic heterocycles. The van der Waals surface area contributed by atoms with E-state index in [2.05, 4.69) is 0 Å². The molecule has 0 aromatic carbocycles. The van der Waals surface area contributed by atoms with Crippen LogP contribution in [0.1, 0.15) is 25.7 Å². The van der Waals surface area contributed by atoms with E-state index in [4.69, 9.17) is 0 Å². The predicted octanol–water partition coefficient (Wildman–Crippen LogP) is 0.365. The Bertz CT molecular complexity index is 117. The molecule has 1 atom stereocenters. The van der Waals surface area contributed by atoms with Gasteiger partial charge in [-0.25, -0.2) is 0 Å². The quantitative estimate of drug-likeness (QED) is 0.334. The van der Waals surface area contributed by atoms with Crippen LogP contribution in [0, 0.1) is 0 Å². The molecule has 0 aromatic heterocycles. The fraction of sp³-hybridized carbons (Fsp3) is 1.00. The summed E-state index contributed by atoms with van der Waals surface area (Å²) in [5.41, 5.74) is 0. The van der Waals surface area contributed by atoms with Gasteiger partial charge in [-0.2, -0.15) is 0 Å². The lowest BCUT2D eigenvalue weighted by Gasteiger charge is -2.38. The number of alkyl halides is 1. The van der Waals surface area contributed by atoms with Crippen molar-refractivity contribution in [1.82, 2.24) is 0 Å². The second kappa shape index (κ2) is 2.58. The Kier molecular flexibility index (Phi) is 2.25. The van der Waals surface area contributed by atoms with Crippen LogP contribution in [0.25, 0.3) is 0 Å². The molecule has 60 valence electrons. The van der Waals surface area contributed by atoms with Crippen LogP contribution in [-0.2, 0) is 0 Å². The maximum atomic E-state index is 9.39. The van der Waals surface area contributed by atoms with Gasteiger partial charge in [-0.05, 0) is 41.9 Å². The lowest BCUT2D eigenvalue weighted by Crippen LogP contribution is -2.51. The molecule has 1 saturated carbocycles. The van der Waals surface area contributed by atoms with Crippen LogP contribution in [0.4, 0.5) is 0 Å². The van der Waals surface area contributed by atoms with E-state index < -0.39 is 9.39 Å². The van der Waals surface area contributed by atoms with Crippen LogP contribution in [-0.4, -0.2) is 24.7 Å². The fourth-order valence-corrected chi connectivity index (χ4v) is 1.77. The van der Waals surface area contributed by atoms with Crippen molar-refractivity contribution >= 4 is 22.6 Å². The largest absolute Gasteiger partial charge is 0.374 e. The Morgan fingerprint density at radius 3 is 1.80 bits per heavy atom. The van der Waals surface area contributed by atoms with Crippen molar-refractivity contribution in [1.29, 1.82) is 0 Å². The molecule has 0 heterocycles. The van der Waals surface area contributed by atoms with Gasteiger partial charge in [0.15, 0.2) is 3.61 Å². The van der Waals surface area contributed by atoms with Crippen LogP contribution in [0.3, 0.4) is 0 Å². The summed E-state index contributed by atoms with van der Waals surface area (Å²) in [4.78, 5) is 0. The predicted molar refractivity (Wildman–Crippen MR) is 44.6 cm³/mol. The third-order valence-corrected chi connectivity index (χ3v) is 3.30. The van der Waals surface area contributed by atoms with E-state index >= 15 is 0 Å². The smallest absolute Gasteiger partial charge is 0.201 e. The number of hydrogen-bond donors (Lipinski definition) is 3. The first kappa shape index (κ1) is 8.70. The third-order valence-electron chi connectivity index (χ3n) is 1.90. The SMILES string of the molecule is OC1(O)CCCCC1(O)I. The van der Waals surface area contributed by atoms with Crippen LogP contribution in [0.2, 0.25) is 0 Å². The minimum atomic E-state index is -1.88. The first-order valence-electron chi connectivity index (χ1n) is 3.32. The Labute approximate surface area is 73.2 Å². The van der Waals surface area contributed by atoms with E-state index in [-0.39, 0.29) is 6.42 Å². The molecule has 0 radical (unpaired) electrons. The second-order valence-electron chi connectivity index (χ2n) is 2.78. The summed E-state index contributed by atoms with van der Waals surface area (Å²) in [6.45, 7) is 0. The van der Waals surface area contributed by atoms with Crippen molar-refractivity contribution in [2.75, 3.05) is 0 Å². The number of hydrogen-bond acceptors (Lipinski definition) is 3. The van der Waals surface area contributed by atoms with Gasteiger partial charge in [-0.1, -0.05) is 0 Å². The molecule has 1 fully saturated rings. The van der Waals surface area contributed by atoms with Crippen molar-refractivity contribution in [3.05, 3.63) is 0 Å². The molecule has 0 bridgehead atoms. The molecule has 3 N–H and O–H groups in total. The number of rotatable bonds is 0. The summed E-state index contributed by atoms with van der Waals surface area (Å²) in [6, 6.07) is 0. The normalized spacial score (nSPS) is 39.6. The van der Waals surface area contributed by atoms with Crippen LogP contribution in [0.5, 0.6) is 0 Å². The zero-order valence-corrected chi connectivity index (χ0v) is 7.71. The Morgan fingerprint density at radius 1 is 1.00 bits per heavy atom. The first-order chi connectivity index (χ1) is 4.46. The molecule has 1 unspecified atom stereocenters. The molecule has 3 nitrogen and oxygen atoms in total. The zero-order valence-electron chi connectivity index (χ0n) is 5.55. The summed E-state index contributed by atoms with van der Waals surface area (Å²) in [5, 5.41) is 27.8. The first-order valence-corrected chi connectivity index (χ1v) is 4.40. The Hall–Kier alpha value is 0.610. The van der Waals surface area contributed by atoms with Gasteiger partial charge in [0, 0.05) is 6.42 Å². The van der Waals surface area contributed by atoms with Crippen molar-refractivity contribution in [3.8, 4) is 0 Å². The zero-order chi connectivity index (χ0) is 7.83. The molecular formula is C6H11IO3. The van der Waals surface area contributed by atoms with Gasteiger partial charge in [0.05, 0.1) is 0 Å². The maximum absolute atomic E-state index is 9.39. The lowest BCUT2D eigenvalue weighted by atomic mass is 9.92. The molecule has 1 aliphatic rings. The average molecular weight is 258 g/mol. The molecule has 0 saturated heterocycles. The molecule has 1 rings (SSSR count). The van der Waals surface area contributed by atoms with Crippen LogP contribution in [0.15, 0.2) is 0 Å². The van der Waals surface area contributed by atoms with E-state index in [1.54, 1.807) is 22.6 Å². The van der Waals surface area contributed by atoms with E-state index in [9.17, 15) is 15.3 Å². The summed E-state index contributed by atoms with van der Waals surface area (Å²) in [5.74, 6) is -1.88. The third kappa shape index (κ3) is 1.44. The topological polar surface area (TPSA) is 60.7 Å². The molecule has 0 aromatic rings. The summed E-state index contributed by atoms with van der Waals surface area (Å²) >= 11 is 1.69. The van der Waals surface area contributed by atoms with Gasteiger partial charge in [-0.15, -0.1) is 0 Å². The minimum absolute atomic E-state index is 0.270. The molecular weight excluding hydrogens is 247 g/mol. The van der Waals surface area contributed by atoms with E-state index in [0.29, 0.717) is 6.42 Å². The summed E-state index contributed by atoms with van der Waals surface area (Å²) < 4.78 is -1.34. The van der Waals surface area contributed by atoms with Gasteiger partial charge >= 0.3 is 0 Å². The highest BCUT2D eigenvalue weighted by molar-refractivity contribution is 14.1. The van der Waals surface area contributed by atoms with Gasteiger partial charge < -0.3 is 15.3 Å². The lowest BCUT2D eigenvalue weighted by molar-refractivity contribution is -0.247. The second-order valence-corrected chi connectivity index (χ2v) is 4.57. The molecule has 0 spiro atoms. The summed E-state index contributed by atoms with van der Waals surface area (Å²) in [6.07, 6.45) is 2.37. The standard InChI is InChI=1S/C6H11IO3/c7-5(8)3-1-2-4-6(5,9)10/h8-10H,1-4H2. The Morgan fingerprint density at radius 2 is 1.50 bits per heavy atom. The maximum Gasteiger partial charge on any atom is 0.201 e.